The minimum Gasteiger partial charge on any atom is -0.373 e. The van der Waals surface area contributed by atoms with E-state index in [-0.39, 0.29) is 0 Å². The topological polar surface area (TPSA) is 64.8 Å². The Bertz CT molecular complexity index is 447. The molecule has 0 unspecified atom stereocenters. The molecule has 1 N–H and O–H groups in total. The first-order chi connectivity index (χ1) is 8.81. The molecule has 0 aliphatic heterocycles. The number of aromatic nitrogens is 2. The number of rotatable bonds is 6. The standard InChI is InChI=1S/C13H19N5/c1-3-11-12(15-2)16-9-17-13(11)18(8-4-7-14)10-5-6-10/h9-10H,3-6,8H2,1-2H3,(H,15,16,17). The van der Waals surface area contributed by atoms with Crippen molar-refractivity contribution in [2.75, 3.05) is 23.8 Å². The van der Waals surface area contributed by atoms with E-state index in [1.54, 1.807) is 6.33 Å². The molecule has 1 fully saturated rings. The van der Waals surface area contributed by atoms with Crippen LogP contribution in [0.15, 0.2) is 6.33 Å². The molecule has 0 radical (unpaired) electrons. The van der Waals surface area contributed by atoms with Crippen molar-refractivity contribution in [2.45, 2.75) is 38.6 Å². The smallest absolute Gasteiger partial charge is 0.137 e. The number of nitriles is 1. The zero-order valence-electron chi connectivity index (χ0n) is 11.0. The van der Waals surface area contributed by atoms with Crippen LogP contribution in [0.1, 0.15) is 31.7 Å². The Labute approximate surface area is 108 Å². The molecule has 1 aliphatic carbocycles. The molecule has 0 amide bonds. The van der Waals surface area contributed by atoms with Gasteiger partial charge in [0, 0.05) is 25.2 Å². The van der Waals surface area contributed by atoms with Crippen molar-refractivity contribution >= 4 is 11.6 Å². The highest BCUT2D eigenvalue weighted by Crippen LogP contribution is 2.34. The third kappa shape index (κ3) is 2.53. The molecule has 1 heterocycles. The fraction of sp³-hybridized carbons (Fsp3) is 0.615. The Kier molecular flexibility index (Phi) is 3.98. The van der Waals surface area contributed by atoms with E-state index in [1.807, 2.05) is 7.05 Å². The highest BCUT2D eigenvalue weighted by Gasteiger charge is 2.31. The van der Waals surface area contributed by atoms with E-state index in [9.17, 15) is 0 Å². The molecule has 2 rings (SSSR count). The van der Waals surface area contributed by atoms with Gasteiger partial charge in [-0.05, 0) is 19.3 Å². The summed E-state index contributed by atoms with van der Waals surface area (Å²) in [7, 11) is 1.88. The molecular weight excluding hydrogens is 226 g/mol. The van der Waals surface area contributed by atoms with Gasteiger partial charge in [0.1, 0.15) is 18.0 Å². The average Bonchev–Trinajstić information content (AvgIpc) is 3.23. The van der Waals surface area contributed by atoms with Crippen LogP contribution in [0.5, 0.6) is 0 Å². The second-order valence-corrected chi connectivity index (χ2v) is 4.46. The molecule has 96 valence electrons. The second kappa shape index (κ2) is 5.67. The lowest BCUT2D eigenvalue weighted by Gasteiger charge is -2.25. The summed E-state index contributed by atoms with van der Waals surface area (Å²) in [5.74, 6) is 1.89. The van der Waals surface area contributed by atoms with Gasteiger partial charge in [-0.1, -0.05) is 6.92 Å². The maximum atomic E-state index is 8.77. The Hall–Kier alpha value is -1.83. The van der Waals surface area contributed by atoms with Crippen LogP contribution in [0.3, 0.4) is 0 Å². The van der Waals surface area contributed by atoms with Gasteiger partial charge in [0.25, 0.3) is 0 Å². The molecule has 0 saturated heterocycles. The van der Waals surface area contributed by atoms with E-state index >= 15 is 0 Å². The van der Waals surface area contributed by atoms with Crippen molar-refractivity contribution in [3.05, 3.63) is 11.9 Å². The number of nitrogens with zero attached hydrogens (tertiary/aromatic N) is 4. The van der Waals surface area contributed by atoms with E-state index < -0.39 is 0 Å². The van der Waals surface area contributed by atoms with Crippen LogP contribution in [0.25, 0.3) is 0 Å². The molecule has 1 aliphatic rings. The van der Waals surface area contributed by atoms with E-state index in [2.05, 4.69) is 33.2 Å². The normalized spacial score (nSPS) is 14.1. The van der Waals surface area contributed by atoms with Gasteiger partial charge in [-0.25, -0.2) is 9.97 Å². The Balaban J connectivity index is 2.31. The summed E-state index contributed by atoms with van der Waals surface area (Å²) in [4.78, 5) is 11.0. The maximum Gasteiger partial charge on any atom is 0.137 e. The van der Waals surface area contributed by atoms with E-state index in [1.165, 1.54) is 12.8 Å². The highest BCUT2D eigenvalue weighted by molar-refractivity contribution is 5.59. The summed E-state index contributed by atoms with van der Waals surface area (Å²) in [5.41, 5.74) is 1.14. The van der Waals surface area contributed by atoms with Gasteiger partial charge in [-0.3, -0.25) is 0 Å². The van der Waals surface area contributed by atoms with Crippen molar-refractivity contribution in [3.63, 3.8) is 0 Å². The SMILES string of the molecule is CCc1c(NC)ncnc1N(CCC#N)C1CC1. The highest BCUT2D eigenvalue weighted by atomic mass is 15.2. The fourth-order valence-electron chi connectivity index (χ4n) is 2.21. The number of hydrogen-bond donors (Lipinski definition) is 1. The van der Waals surface area contributed by atoms with Crippen LogP contribution < -0.4 is 10.2 Å². The van der Waals surface area contributed by atoms with E-state index in [0.717, 1.165) is 30.2 Å². The Morgan fingerprint density at radius 2 is 2.28 bits per heavy atom. The van der Waals surface area contributed by atoms with Crippen LogP contribution in [-0.4, -0.2) is 29.6 Å². The molecule has 0 spiro atoms. The van der Waals surface area contributed by atoms with Crippen LogP contribution in [-0.2, 0) is 6.42 Å². The van der Waals surface area contributed by atoms with Gasteiger partial charge in [0.15, 0.2) is 0 Å². The Morgan fingerprint density at radius 1 is 1.50 bits per heavy atom. The zero-order chi connectivity index (χ0) is 13.0. The van der Waals surface area contributed by atoms with Crippen molar-refractivity contribution in [3.8, 4) is 6.07 Å². The quantitative estimate of drug-likeness (QED) is 0.830. The summed E-state index contributed by atoms with van der Waals surface area (Å²) in [6, 6.07) is 2.77. The first-order valence-electron chi connectivity index (χ1n) is 6.47. The molecule has 18 heavy (non-hydrogen) atoms. The van der Waals surface area contributed by atoms with Gasteiger partial charge in [0.2, 0.25) is 0 Å². The van der Waals surface area contributed by atoms with Gasteiger partial charge in [-0.2, -0.15) is 5.26 Å². The second-order valence-electron chi connectivity index (χ2n) is 4.46. The molecular formula is C13H19N5. The average molecular weight is 245 g/mol. The van der Waals surface area contributed by atoms with Gasteiger partial charge in [0.05, 0.1) is 12.5 Å². The van der Waals surface area contributed by atoms with Gasteiger partial charge < -0.3 is 10.2 Å². The molecule has 0 atom stereocenters. The lowest BCUT2D eigenvalue weighted by atomic mass is 10.2. The third-order valence-electron chi connectivity index (χ3n) is 3.24. The van der Waals surface area contributed by atoms with Crippen LogP contribution >= 0.6 is 0 Å². The number of anilines is 2. The van der Waals surface area contributed by atoms with Crippen LogP contribution in [0.2, 0.25) is 0 Å². The fourth-order valence-corrected chi connectivity index (χ4v) is 2.21. The van der Waals surface area contributed by atoms with Crippen molar-refractivity contribution < 1.29 is 0 Å². The van der Waals surface area contributed by atoms with Crippen LogP contribution in [0, 0.1) is 11.3 Å². The Morgan fingerprint density at radius 3 is 2.83 bits per heavy atom. The van der Waals surface area contributed by atoms with Crippen molar-refractivity contribution in [1.29, 1.82) is 5.26 Å². The van der Waals surface area contributed by atoms with Crippen LogP contribution in [0.4, 0.5) is 11.6 Å². The molecule has 1 aromatic rings. The molecule has 5 heteroatoms. The maximum absolute atomic E-state index is 8.77. The monoisotopic (exact) mass is 245 g/mol. The predicted octanol–water partition coefficient (Wildman–Crippen LogP) is 1.96. The van der Waals surface area contributed by atoms with Crippen molar-refractivity contribution in [1.82, 2.24) is 9.97 Å². The predicted molar refractivity (Wildman–Crippen MR) is 71.6 cm³/mol. The molecule has 5 nitrogen and oxygen atoms in total. The molecule has 1 aromatic heterocycles. The molecule has 1 saturated carbocycles. The lowest BCUT2D eigenvalue weighted by Crippen LogP contribution is -2.29. The van der Waals surface area contributed by atoms with E-state index in [4.69, 9.17) is 5.26 Å². The number of hydrogen-bond acceptors (Lipinski definition) is 5. The molecule has 0 bridgehead atoms. The first kappa shape index (κ1) is 12.6. The summed E-state index contributed by atoms with van der Waals surface area (Å²) in [6.45, 7) is 2.87. The lowest BCUT2D eigenvalue weighted by molar-refractivity contribution is 0.767. The summed E-state index contributed by atoms with van der Waals surface area (Å²) < 4.78 is 0. The zero-order valence-corrected chi connectivity index (χ0v) is 11.0. The largest absolute Gasteiger partial charge is 0.373 e. The van der Waals surface area contributed by atoms with E-state index in [0.29, 0.717) is 12.5 Å². The third-order valence-corrected chi connectivity index (χ3v) is 3.24. The van der Waals surface area contributed by atoms with Crippen molar-refractivity contribution in [2.24, 2.45) is 0 Å². The number of nitrogens with one attached hydrogen (secondary N) is 1. The summed E-state index contributed by atoms with van der Waals surface area (Å²) in [5, 5.41) is 11.9. The first-order valence-corrected chi connectivity index (χ1v) is 6.47. The summed E-state index contributed by atoms with van der Waals surface area (Å²) >= 11 is 0. The van der Waals surface area contributed by atoms with Gasteiger partial charge in [-0.15, -0.1) is 0 Å². The minimum absolute atomic E-state index is 0.540. The minimum atomic E-state index is 0.540. The summed E-state index contributed by atoms with van der Waals surface area (Å²) in [6.07, 6.45) is 5.43. The van der Waals surface area contributed by atoms with Gasteiger partial charge >= 0.3 is 0 Å². The molecule has 0 aromatic carbocycles.